The van der Waals surface area contributed by atoms with Crippen molar-refractivity contribution in [1.82, 2.24) is 4.90 Å². The van der Waals surface area contributed by atoms with E-state index in [2.05, 4.69) is 11.8 Å². The van der Waals surface area contributed by atoms with E-state index in [9.17, 15) is 4.79 Å². The molecule has 2 rings (SSSR count). The highest BCUT2D eigenvalue weighted by Crippen LogP contribution is 2.26. The molecule has 1 heterocycles. The highest BCUT2D eigenvalue weighted by atomic mass is 16.3. The van der Waals surface area contributed by atoms with Crippen LogP contribution in [-0.4, -0.2) is 29.8 Å². The minimum Gasteiger partial charge on any atom is -0.461 e. The van der Waals surface area contributed by atoms with Gasteiger partial charge in [0.2, 0.25) is 5.78 Å². The summed E-state index contributed by atoms with van der Waals surface area (Å²) >= 11 is 0. The molecule has 1 aliphatic rings. The van der Waals surface area contributed by atoms with Gasteiger partial charge in [-0.3, -0.25) is 9.69 Å². The first kappa shape index (κ1) is 10.4. The van der Waals surface area contributed by atoms with Crippen molar-refractivity contribution in [2.24, 2.45) is 0 Å². The summed E-state index contributed by atoms with van der Waals surface area (Å²) in [6.07, 6.45) is 5.13. The first-order chi connectivity index (χ1) is 7.31. The number of rotatable bonds is 6. The summed E-state index contributed by atoms with van der Waals surface area (Å²) in [6, 6.07) is 4.14. The number of ketones is 1. The topological polar surface area (TPSA) is 33.5 Å². The third kappa shape index (κ3) is 2.69. The van der Waals surface area contributed by atoms with Crippen LogP contribution in [0, 0.1) is 0 Å². The Morgan fingerprint density at radius 3 is 2.93 bits per heavy atom. The van der Waals surface area contributed by atoms with Gasteiger partial charge in [-0.1, -0.05) is 6.92 Å². The van der Waals surface area contributed by atoms with Crippen molar-refractivity contribution in [1.29, 1.82) is 0 Å². The Morgan fingerprint density at radius 1 is 1.60 bits per heavy atom. The fourth-order valence-electron chi connectivity index (χ4n) is 1.82. The average molecular weight is 207 g/mol. The summed E-state index contributed by atoms with van der Waals surface area (Å²) in [5.74, 6) is 0.581. The number of hydrogen-bond donors (Lipinski definition) is 0. The van der Waals surface area contributed by atoms with Crippen LogP contribution < -0.4 is 0 Å². The quantitative estimate of drug-likeness (QED) is 0.671. The number of furan rings is 1. The first-order valence-corrected chi connectivity index (χ1v) is 5.62. The lowest BCUT2D eigenvalue weighted by molar-refractivity contribution is 0.0897. The lowest BCUT2D eigenvalue weighted by Gasteiger charge is -2.19. The van der Waals surface area contributed by atoms with Gasteiger partial charge in [0.1, 0.15) is 0 Å². The van der Waals surface area contributed by atoms with Crippen LogP contribution in [0.2, 0.25) is 0 Å². The molecule has 1 fully saturated rings. The van der Waals surface area contributed by atoms with Gasteiger partial charge < -0.3 is 4.42 Å². The second kappa shape index (κ2) is 4.62. The molecule has 82 valence electrons. The molecular weight excluding hydrogens is 190 g/mol. The Balaban J connectivity index is 1.91. The maximum absolute atomic E-state index is 11.8. The molecule has 15 heavy (non-hydrogen) atoms. The van der Waals surface area contributed by atoms with E-state index in [-0.39, 0.29) is 5.78 Å². The minimum absolute atomic E-state index is 0.0975. The van der Waals surface area contributed by atoms with Crippen LogP contribution >= 0.6 is 0 Å². The van der Waals surface area contributed by atoms with Crippen molar-refractivity contribution >= 4 is 5.78 Å². The Morgan fingerprint density at radius 2 is 2.40 bits per heavy atom. The predicted octanol–water partition coefficient (Wildman–Crippen LogP) is 2.34. The molecule has 3 heteroatoms. The molecule has 0 N–H and O–H groups in total. The zero-order valence-electron chi connectivity index (χ0n) is 9.11. The van der Waals surface area contributed by atoms with Gasteiger partial charge in [0.15, 0.2) is 5.76 Å². The van der Waals surface area contributed by atoms with Crippen molar-refractivity contribution in [3.05, 3.63) is 24.2 Å². The van der Waals surface area contributed by atoms with E-state index in [1.54, 1.807) is 18.4 Å². The minimum atomic E-state index is 0.0975. The second-order valence-corrected chi connectivity index (χ2v) is 4.10. The summed E-state index contributed by atoms with van der Waals surface area (Å²) in [5, 5.41) is 0. The predicted molar refractivity (Wildman–Crippen MR) is 57.9 cm³/mol. The standard InChI is InChI=1S/C12H17NO2/c1-2-7-13(10-5-6-10)9-11(14)12-4-3-8-15-12/h3-4,8,10H,2,5-7,9H2,1H3. The number of nitrogens with zero attached hydrogens (tertiary/aromatic N) is 1. The summed E-state index contributed by atoms with van der Waals surface area (Å²) < 4.78 is 5.10. The zero-order chi connectivity index (χ0) is 10.7. The molecule has 1 aromatic heterocycles. The zero-order valence-corrected chi connectivity index (χ0v) is 9.11. The molecule has 0 radical (unpaired) electrons. The average Bonchev–Trinajstić information content (AvgIpc) is 2.92. The van der Waals surface area contributed by atoms with Gasteiger partial charge >= 0.3 is 0 Å². The molecule has 0 spiro atoms. The summed E-state index contributed by atoms with van der Waals surface area (Å²) in [7, 11) is 0. The molecule has 1 aromatic rings. The third-order valence-electron chi connectivity index (χ3n) is 2.72. The largest absolute Gasteiger partial charge is 0.461 e. The second-order valence-electron chi connectivity index (χ2n) is 4.10. The Bertz CT molecular complexity index is 314. The van der Waals surface area contributed by atoms with E-state index in [0.717, 1.165) is 13.0 Å². The van der Waals surface area contributed by atoms with Gasteiger partial charge in [-0.2, -0.15) is 0 Å². The van der Waals surface area contributed by atoms with Gasteiger partial charge in [0.25, 0.3) is 0 Å². The molecule has 3 nitrogen and oxygen atoms in total. The van der Waals surface area contributed by atoms with E-state index < -0.39 is 0 Å². The molecule has 0 saturated heterocycles. The van der Waals surface area contributed by atoms with Crippen molar-refractivity contribution in [3.8, 4) is 0 Å². The molecule has 0 amide bonds. The van der Waals surface area contributed by atoms with E-state index in [0.29, 0.717) is 18.3 Å². The number of carbonyl (C=O) groups excluding carboxylic acids is 1. The smallest absolute Gasteiger partial charge is 0.211 e. The number of hydrogen-bond acceptors (Lipinski definition) is 3. The first-order valence-electron chi connectivity index (χ1n) is 5.62. The number of Topliss-reactive ketones (excluding diaryl/α,β-unsaturated/α-hetero) is 1. The van der Waals surface area contributed by atoms with Crippen LogP contribution in [0.3, 0.4) is 0 Å². The van der Waals surface area contributed by atoms with Crippen molar-refractivity contribution in [2.45, 2.75) is 32.2 Å². The van der Waals surface area contributed by atoms with E-state index in [4.69, 9.17) is 4.42 Å². The van der Waals surface area contributed by atoms with Gasteiger partial charge in [-0.25, -0.2) is 0 Å². The molecular formula is C12H17NO2. The summed E-state index contributed by atoms with van der Waals surface area (Å²) in [4.78, 5) is 14.1. The molecule has 0 aromatic carbocycles. The molecule has 0 atom stereocenters. The monoisotopic (exact) mass is 207 g/mol. The van der Waals surface area contributed by atoms with Crippen LogP contribution in [0.1, 0.15) is 36.7 Å². The fraction of sp³-hybridized carbons (Fsp3) is 0.583. The maximum Gasteiger partial charge on any atom is 0.211 e. The highest BCUT2D eigenvalue weighted by molar-refractivity contribution is 5.95. The van der Waals surface area contributed by atoms with Crippen molar-refractivity contribution in [3.63, 3.8) is 0 Å². The Hall–Kier alpha value is -1.09. The van der Waals surface area contributed by atoms with Gasteiger partial charge in [0.05, 0.1) is 12.8 Å². The highest BCUT2D eigenvalue weighted by Gasteiger charge is 2.30. The SMILES string of the molecule is CCCN(CC(=O)c1ccco1)C1CC1. The summed E-state index contributed by atoms with van der Waals surface area (Å²) in [5.41, 5.74) is 0. The van der Waals surface area contributed by atoms with Gasteiger partial charge in [0, 0.05) is 6.04 Å². The lowest BCUT2D eigenvalue weighted by atomic mass is 10.2. The van der Waals surface area contributed by atoms with Crippen molar-refractivity contribution < 1.29 is 9.21 Å². The van der Waals surface area contributed by atoms with Crippen molar-refractivity contribution in [2.75, 3.05) is 13.1 Å². The van der Waals surface area contributed by atoms with Crippen LogP contribution in [0.4, 0.5) is 0 Å². The Labute approximate surface area is 90.1 Å². The molecule has 0 aliphatic heterocycles. The van der Waals surface area contributed by atoms with E-state index in [1.807, 2.05) is 0 Å². The van der Waals surface area contributed by atoms with E-state index >= 15 is 0 Å². The normalized spacial score (nSPS) is 15.9. The molecule has 0 bridgehead atoms. The van der Waals surface area contributed by atoms with Crippen LogP contribution in [0.15, 0.2) is 22.8 Å². The Kier molecular flexibility index (Phi) is 3.21. The summed E-state index contributed by atoms with van der Waals surface area (Å²) in [6.45, 7) is 3.66. The molecule has 0 unspecified atom stereocenters. The van der Waals surface area contributed by atoms with Crippen LogP contribution in [0.5, 0.6) is 0 Å². The molecule has 1 saturated carbocycles. The van der Waals surface area contributed by atoms with Crippen LogP contribution in [0.25, 0.3) is 0 Å². The van der Waals surface area contributed by atoms with Crippen LogP contribution in [-0.2, 0) is 0 Å². The maximum atomic E-state index is 11.8. The van der Waals surface area contributed by atoms with Gasteiger partial charge in [-0.15, -0.1) is 0 Å². The van der Waals surface area contributed by atoms with E-state index in [1.165, 1.54) is 12.8 Å². The molecule has 1 aliphatic carbocycles. The third-order valence-corrected chi connectivity index (χ3v) is 2.72. The van der Waals surface area contributed by atoms with Gasteiger partial charge in [-0.05, 0) is 37.9 Å². The lowest BCUT2D eigenvalue weighted by Crippen LogP contribution is -2.32. The number of carbonyl (C=O) groups is 1. The fourth-order valence-corrected chi connectivity index (χ4v) is 1.82.